The minimum absolute atomic E-state index is 0.0402. The van der Waals surface area contributed by atoms with Crippen molar-refractivity contribution in [1.82, 2.24) is 0 Å². The lowest BCUT2D eigenvalue weighted by Gasteiger charge is -2.13. The quantitative estimate of drug-likeness (QED) is 0.711. The number of rotatable bonds is 2. The largest absolute Gasteiger partial charge is 0.207 e. The minimum atomic E-state index is -0.162. The summed E-state index contributed by atoms with van der Waals surface area (Å²) in [5.41, 5.74) is 1.78. The lowest BCUT2D eigenvalue weighted by Crippen LogP contribution is -1.98. The Labute approximate surface area is 99.7 Å². The summed E-state index contributed by atoms with van der Waals surface area (Å²) in [5, 5.41) is 0.699. The molecule has 0 saturated heterocycles. The summed E-state index contributed by atoms with van der Waals surface area (Å²) >= 11 is 5.82. The van der Waals surface area contributed by atoms with Gasteiger partial charge >= 0.3 is 0 Å². The van der Waals surface area contributed by atoms with Crippen molar-refractivity contribution in [2.75, 3.05) is 0 Å². The van der Waals surface area contributed by atoms with Crippen molar-refractivity contribution in [3.63, 3.8) is 0 Å². The number of hydrogen-bond acceptors (Lipinski definition) is 0. The zero-order valence-electron chi connectivity index (χ0n) is 8.95. The van der Waals surface area contributed by atoms with Crippen LogP contribution in [0.15, 0.2) is 48.5 Å². The average Bonchev–Trinajstić information content (AvgIpc) is 2.30. The number of halogens is 2. The van der Waals surface area contributed by atoms with Gasteiger partial charge in [-0.2, -0.15) is 0 Å². The molecule has 1 atom stereocenters. The Hall–Kier alpha value is -1.34. The molecule has 0 N–H and O–H groups in total. The van der Waals surface area contributed by atoms with Crippen LogP contribution in [0, 0.1) is 5.82 Å². The van der Waals surface area contributed by atoms with Crippen molar-refractivity contribution in [2.24, 2.45) is 0 Å². The molecule has 2 rings (SSSR count). The predicted octanol–water partition coefficient (Wildman–Crippen LogP) is 4.63. The van der Waals surface area contributed by atoms with Crippen LogP contribution in [-0.4, -0.2) is 0 Å². The molecular weight excluding hydrogens is 223 g/mol. The van der Waals surface area contributed by atoms with E-state index in [2.05, 4.69) is 0 Å². The fraction of sp³-hybridized carbons (Fsp3) is 0.143. The van der Waals surface area contributed by atoms with E-state index in [1.54, 1.807) is 6.07 Å². The van der Waals surface area contributed by atoms with Gasteiger partial charge < -0.3 is 0 Å². The molecule has 2 aromatic carbocycles. The molecule has 0 amide bonds. The Bertz CT molecular complexity index is 476. The molecule has 0 aromatic heterocycles. The van der Waals surface area contributed by atoms with Crippen LogP contribution >= 0.6 is 11.6 Å². The first kappa shape index (κ1) is 11.2. The summed E-state index contributed by atoms with van der Waals surface area (Å²) in [5.74, 6) is -0.122. The molecular formula is C14H12ClF. The van der Waals surface area contributed by atoms with E-state index in [1.807, 2.05) is 43.3 Å². The molecule has 0 fully saturated rings. The highest BCUT2D eigenvalue weighted by molar-refractivity contribution is 6.30. The Morgan fingerprint density at radius 1 is 1.00 bits per heavy atom. The average molecular weight is 235 g/mol. The van der Waals surface area contributed by atoms with Gasteiger partial charge in [-0.15, -0.1) is 0 Å². The molecule has 0 radical (unpaired) electrons. The molecule has 0 saturated carbocycles. The van der Waals surface area contributed by atoms with Crippen molar-refractivity contribution in [3.05, 3.63) is 70.5 Å². The molecule has 0 aliphatic carbocycles. The molecule has 0 spiro atoms. The first-order chi connectivity index (χ1) is 7.68. The van der Waals surface area contributed by atoms with Crippen molar-refractivity contribution in [1.29, 1.82) is 0 Å². The number of hydrogen-bond donors (Lipinski definition) is 0. The normalized spacial score (nSPS) is 12.4. The first-order valence-electron chi connectivity index (χ1n) is 5.18. The fourth-order valence-electron chi connectivity index (χ4n) is 1.76. The summed E-state index contributed by atoms with van der Waals surface area (Å²) in [6.07, 6.45) is 0. The van der Waals surface area contributed by atoms with Gasteiger partial charge in [-0.25, -0.2) is 4.39 Å². The van der Waals surface area contributed by atoms with Crippen LogP contribution in [0.4, 0.5) is 4.39 Å². The van der Waals surface area contributed by atoms with Crippen LogP contribution in [0.25, 0.3) is 0 Å². The molecule has 0 aliphatic rings. The van der Waals surface area contributed by atoms with Crippen LogP contribution in [-0.2, 0) is 0 Å². The predicted molar refractivity (Wildman–Crippen MR) is 65.4 cm³/mol. The van der Waals surface area contributed by atoms with E-state index in [9.17, 15) is 4.39 Å². The molecule has 16 heavy (non-hydrogen) atoms. The third-order valence-corrected chi connectivity index (χ3v) is 2.99. The summed E-state index contributed by atoms with van der Waals surface area (Å²) in [6.45, 7) is 1.99. The maximum atomic E-state index is 13.6. The second-order valence-corrected chi connectivity index (χ2v) is 4.23. The smallest absolute Gasteiger partial charge is 0.127 e. The van der Waals surface area contributed by atoms with Crippen LogP contribution in [0.2, 0.25) is 5.02 Å². The van der Waals surface area contributed by atoms with E-state index in [0.29, 0.717) is 10.6 Å². The van der Waals surface area contributed by atoms with Crippen LogP contribution in [0.1, 0.15) is 24.0 Å². The second kappa shape index (κ2) is 4.67. The van der Waals surface area contributed by atoms with Gasteiger partial charge in [-0.1, -0.05) is 48.9 Å². The van der Waals surface area contributed by atoms with E-state index >= 15 is 0 Å². The maximum absolute atomic E-state index is 13.6. The third kappa shape index (κ3) is 2.25. The molecule has 0 nitrogen and oxygen atoms in total. The van der Waals surface area contributed by atoms with Gasteiger partial charge in [0.15, 0.2) is 0 Å². The highest BCUT2D eigenvalue weighted by atomic mass is 35.5. The SMILES string of the molecule is CC(c1ccc(Cl)cc1)c1ccccc1F. The van der Waals surface area contributed by atoms with E-state index in [-0.39, 0.29) is 11.7 Å². The Morgan fingerprint density at radius 2 is 1.62 bits per heavy atom. The van der Waals surface area contributed by atoms with Gasteiger partial charge in [0.25, 0.3) is 0 Å². The molecule has 0 bridgehead atoms. The van der Waals surface area contributed by atoms with Gasteiger partial charge in [-0.3, -0.25) is 0 Å². The number of benzene rings is 2. The zero-order valence-corrected chi connectivity index (χ0v) is 9.71. The summed E-state index contributed by atoms with van der Waals surface area (Å²) in [7, 11) is 0. The van der Waals surface area contributed by atoms with Crippen LogP contribution < -0.4 is 0 Å². The van der Waals surface area contributed by atoms with E-state index in [0.717, 1.165) is 5.56 Å². The fourth-order valence-corrected chi connectivity index (χ4v) is 1.88. The first-order valence-corrected chi connectivity index (χ1v) is 5.56. The van der Waals surface area contributed by atoms with Gasteiger partial charge in [0.1, 0.15) is 5.82 Å². The lowest BCUT2D eigenvalue weighted by molar-refractivity contribution is 0.603. The summed E-state index contributed by atoms with van der Waals surface area (Å²) < 4.78 is 13.6. The molecule has 2 heteroatoms. The van der Waals surface area contributed by atoms with Crippen molar-refractivity contribution in [2.45, 2.75) is 12.8 Å². The maximum Gasteiger partial charge on any atom is 0.127 e. The van der Waals surface area contributed by atoms with Gasteiger partial charge in [-0.05, 0) is 29.3 Å². The highest BCUT2D eigenvalue weighted by Crippen LogP contribution is 2.26. The molecule has 1 unspecified atom stereocenters. The van der Waals surface area contributed by atoms with Gasteiger partial charge in [0.2, 0.25) is 0 Å². The monoisotopic (exact) mass is 234 g/mol. The Kier molecular flexibility index (Phi) is 3.25. The van der Waals surface area contributed by atoms with Crippen molar-refractivity contribution >= 4 is 11.6 Å². The van der Waals surface area contributed by atoms with E-state index < -0.39 is 0 Å². The molecule has 0 heterocycles. The minimum Gasteiger partial charge on any atom is -0.207 e. The molecule has 82 valence electrons. The lowest BCUT2D eigenvalue weighted by atomic mass is 9.93. The van der Waals surface area contributed by atoms with E-state index in [1.165, 1.54) is 6.07 Å². The molecule has 2 aromatic rings. The standard InChI is InChI=1S/C14H12ClF/c1-10(11-6-8-12(15)9-7-11)13-4-2-3-5-14(13)16/h2-10H,1H3. The van der Waals surface area contributed by atoms with Gasteiger partial charge in [0.05, 0.1) is 0 Å². The van der Waals surface area contributed by atoms with Crippen molar-refractivity contribution in [3.8, 4) is 0 Å². The zero-order chi connectivity index (χ0) is 11.5. The van der Waals surface area contributed by atoms with Gasteiger partial charge in [0, 0.05) is 10.9 Å². The van der Waals surface area contributed by atoms with Crippen LogP contribution in [0.3, 0.4) is 0 Å². The Morgan fingerprint density at radius 3 is 2.25 bits per heavy atom. The summed E-state index contributed by atoms with van der Waals surface area (Å²) in [6, 6.07) is 14.4. The highest BCUT2D eigenvalue weighted by Gasteiger charge is 2.11. The second-order valence-electron chi connectivity index (χ2n) is 3.79. The molecule has 0 aliphatic heterocycles. The van der Waals surface area contributed by atoms with E-state index in [4.69, 9.17) is 11.6 Å². The third-order valence-electron chi connectivity index (χ3n) is 2.74. The Balaban J connectivity index is 2.35. The summed E-state index contributed by atoms with van der Waals surface area (Å²) in [4.78, 5) is 0. The topological polar surface area (TPSA) is 0 Å². The van der Waals surface area contributed by atoms with Crippen molar-refractivity contribution < 1.29 is 4.39 Å². The van der Waals surface area contributed by atoms with Crippen LogP contribution in [0.5, 0.6) is 0 Å².